The summed E-state index contributed by atoms with van der Waals surface area (Å²) in [7, 11) is 0. The molecule has 2 atom stereocenters. The van der Waals surface area contributed by atoms with Gasteiger partial charge < -0.3 is 10.2 Å². The lowest BCUT2D eigenvalue weighted by atomic mass is 9.69. The number of hydrogen-bond acceptors (Lipinski definition) is 2. The van der Waals surface area contributed by atoms with Crippen molar-refractivity contribution in [3.05, 3.63) is 29.8 Å². The summed E-state index contributed by atoms with van der Waals surface area (Å²) in [6.07, 6.45) is 5.55. The molecule has 3 rings (SSSR count). The van der Waals surface area contributed by atoms with Crippen molar-refractivity contribution in [3.8, 4) is 0 Å². The second-order valence-electron chi connectivity index (χ2n) is 7.82. The van der Waals surface area contributed by atoms with Gasteiger partial charge in [0, 0.05) is 31.4 Å². The molecule has 1 aromatic rings. The SMILES string of the molecule is CC(C)(C)C1CCCCC1N1CCNCc2ccccc21. The number of nitrogens with one attached hydrogen (secondary N) is 1. The molecule has 1 aromatic carbocycles. The highest BCUT2D eigenvalue weighted by Crippen LogP contribution is 2.42. The molecule has 0 amide bonds. The van der Waals surface area contributed by atoms with Crippen molar-refractivity contribution in [1.82, 2.24) is 5.32 Å². The number of anilines is 1. The normalized spacial score (nSPS) is 27.1. The maximum Gasteiger partial charge on any atom is 0.0414 e. The quantitative estimate of drug-likeness (QED) is 0.832. The molecule has 0 radical (unpaired) electrons. The van der Waals surface area contributed by atoms with E-state index in [-0.39, 0.29) is 0 Å². The highest BCUT2D eigenvalue weighted by molar-refractivity contribution is 5.55. The summed E-state index contributed by atoms with van der Waals surface area (Å²) in [5, 5.41) is 3.58. The van der Waals surface area contributed by atoms with Gasteiger partial charge in [0.25, 0.3) is 0 Å². The lowest BCUT2D eigenvalue weighted by Gasteiger charge is -2.47. The third-order valence-corrected chi connectivity index (χ3v) is 5.39. The van der Waals surface area contributed by atoms with Crippen molar-refractivity contribution < 1.29 is 0 Å². The van der Waals surface area contributed by atoms with Crippen molar-refractivity contribution in [2.24, 2.45) is 11.3 Å². The van der Waals surface area contributed by atoms with E-state index < -0.39 is 0 Å². The van der Waals surface area contributed by atoms with Gasteiger partial charge in [-0.1, -0.05) is 51.8 Å². The van der Waals surface area contributed by atoms with Crippen molar-refractivity contribution in [3.63, 3.8) is 0 Å². The van der Waals surface area contributed by atoms with E-state index in [4.69, 9.17) is 0 Å². The van der Waals surface area contributed by atoms with Crippen LogP contribution >= 0.6 is 0 Å². The molecular weight excluding hydrogens is 256 g/mol. The minimum Gasteiger partial charge on any atom is -0.367 e. The summed E-state index contributed by atoms with van der Waals surface area (Å²) in [5.74, 6) is 0.803. The first-order chi connectivity index (χ1) is 10.1. The Balaban J connectivity index is 1.94. The van der Waals surface area contributed by atoms with Gasteiger partial charge in [0.05, 0.1) is 0 Å². The second-order valence-corrected chi connectivity index (χ2v) is 7.82. The molecule has 1 N–H and O–H groups in total. The molecule has 2 heteroatoms. The molecule has 21 heavy (non-hydrogen) atoms. The zero-order valence-corrected chi connectivity index (χ0v) is 13.9. The van der Waals surface area contributed by atoms with Crippen LogP contribution in [0.5, 0.6) is 0 Å². The average Bonchev–Trinajstić information content (AvgIpc) is 2.68. The minimum atomic E-state index is 0.403. The van der Waals surface area contributed by atoms with E-state index in [9.17, 15) is 0 Å². The van der Waals surface area contributed by atoms with E-state index >= 15 is 0 Å². The predicted octanol–water partition coefficient (Wildman–Crippen LogP) is 4.20. The van der Waals surface area contributed by atoms with E-state index in [1.807, 2.05) is 0 Å². The van der Waals surface area contributed by atoms with E-state index in [0.717, 1.165) is 25.6 Å². The molecule has 2 aliphatic rings. The van der Waals surface area contributed by atoms with Gasteiger partial charge in [0.2, 0.25) is 0 Å². The van der Waals surface area contributed by atoms with Gasteiger partial charge in [-0.25, -0.2) is 0 Å². The Morgan fingerprint density at radius 1 is 1.10 bits per heavy atom. The predicted molar refractivity (Wildman–Crippen MR) is 90.7 cm³/mol. The van der Waals surface area contributed by atoms with E-state index in [2.05, 4.69) is 55.3 Å². The number of fused-ring (bicyclic) bond motifs is 1. The first-order valence-electron chi connectivity index (χ1n) is 8.62. The fourth-order valence-electron chi connectivity index (χ4n) is 4.32. The van der Waals surface area contributed by atoms with Gasteiger partial charge in [0.15, 0.2) is 0 Å². The minimum absolute atomic E-state index is 0.403. The van der Waals surface area contributed by atoms with Crippen LogP contribution in [0, 0.1) is 11.3 Å². The van der Waals surface area contributed by atoms with E-state index in [0.29, 0.717) is 11.5 Å². The largest absolute Gasteiger partial charge is 0.367 e. The third-order valence-electron chi connectivity index (χ3n) is 5.39. The smallest absolute Gasteiger partial charge is 0.0414 e. The molecule has 1 aliphatic carbocycles. The lowest BCUT2D eigenvalue weighted by Crippen LogP contribution is -2.48. The maximum absolute atomic E-state index is 3.58. The molecule has 0 bridgehead atoms. The fraction of sp³-hybridized carbons (Fsp3) is 0.684. The van der Waals surface area contributed by atoms with Crippen molar-refractivity contribution in [2.75, 3.05) is 18.0 Å². The number of nitrogens with zero attached hydrogens (tertiary/aromatic N) is 1. The van der Waals surface area contributed by atoms with Crippen LogP contribution in [-0.2, 0) is 6.54 Å². The van der Waals surface area contributed by atoms with Gasteiger partial charge in [-0.15, -0.1) is 0 Å². The maximum atomic E-state index is 3.58. The molecule has 1 fully saturated rings. The summed E-state index contributed by atoms with van der Waals surface area (Å²) >= 11 is 0. The summed E-state index contributed by atoms with van der Waals surface area (Å²) in [6, 6.07) is 9.70. The molecule has 1 heterocycles. The van der Waals surface area contributed by atoms with Gasteiger partial charge in [-0.05, 0) is 35.8 Å². The Morgan fingerprint density at radius 3 is 2.67 bits per heavy atom. The molecular formula is C19H30N2. The molecule has 0 aromatic heterocycles. The lowest BCUT2D eigenvalue weighted by molar-refractivity contribution is 0.147. The highest BCUT2D eigenvalue weighted by Gasteiger charge is 2.38. The first kappa shape index (κ1) is 14.9. The second kappa shape index (κ2) is 6.00. The molecule has 2 nitrogen and oxygen atoms in total. The standard InChI is InChI=1S/C19H30N2/c1-19(2,3)16-9-5-7-11-18(16)21-13-12-20-14-15-8-4-6-10-17(15)21/h4,6,8,10,16,18,20H,5,7,9,11-14H2,1-3H3. The molecule has 2 unspecified atom stereocenters. The van der Waals surface area contributed by atoms with E-state index in [1.54, 1.807) is 0 Å². The molecule has 0 saturated heterocycles. The van der Waals surface area contributed by atoms with Crippen LogP contribution in [0.25, 0.3) is 0 Å². The zero-order chi connectivity index (χ0) is 14.9. The fourth-order valence-corrected chi connectivity index (χ4v) is 4.32. The van der Waals surface area contributed by atoms with Crippen LogP contribution in [0.1, 0.15) is 52.0 Å². The first-order valence-corrected chi connectivity index (χ1v) is 8.62. The van der Waals surface area contributed by atoms with Crippen LogP contribution < -0.4 is 10.2 Å². The third kappa shape index (κ3) is 3.11. The van der Waals surface area contributed by atoms with Gasteiger partial charge >= 0.3 is 0 Å². The Hall–Kier alpha value is -1.02. The number of para-hydroxylation sites is 1. The Bertz CT molecular complexity index is 475. The molecule has 116 valence electrons. The molecule has 0 spiro atoms. The monoisotopic (exact) mass is 286 g/mol. The number of benzene rings is 1. The van der Waals surface area contributed by atoms with Gasteiger partial charge in [-0.2, -0.15) is 0 Å². The van der Waals surface area contributed by atoms with Crippen molar-refractivity contribution in [2.45, 2.75) is 59.0 Å². The topological polar surface area (TPSA) is 15.3 Å². The summed E-state index contributed by atoms with van der Waals surface area (Å²) in [6.45, 7) is 10.5. The molecule has 1 aliphatic heterocycles. The van der Waals surface area contributed by atoms with Crippen LogP contribution in [-0.4, -0.2) is 19.1 Å². The Kier molecular flexibility index (Phi) is 4.26. The average molecular weight is 286 g/mol. The summed E-state index contributed by atoms with van der Waals surface area (Å²) in [5.41, 5.74) is 3.34. The summed E-state index contributed by atoms with van der Waals surface area (Å²) < 4.78 is 0. The zero-order valence-electron chi connectivity index (χ0n) is 13.9. The number of rotatable bonds is 1. The summed E-state index contributed by atoms with van der Waals surface area (Å²) in [4.78, 5) is 2.73. The van der Waals surface area contributed by atoms with Crippen molar-refractivity contribution >= 4 is 5.69 Å². The van der Waals surface area contributed by atoms with Crippen LogP contribution in [0.4, 0.5) is 5.69 Å². The van der Waals surface area contributed by atoms with E-state index in [1.165, 1.54) is 36.9 Å². The Morgan fingerprint density at radius 2 is 1.86 bits per heavy atom. The number of hydrogen-bond donors (Lipinski definition) is 1. The van der Waals surface area contributed by atoms with Crippen molar-refractivity contribution in [1.29, 1.82) is 0 Å². The Labute approximate surface area is 129 Å². The highest BCUT2D eigenvalue weighted by atomic mass is 15.2. The van der Waals surface area contributed by atoms with Crippen LogP contribution in [0.15, 0.2) is 24.3 Å². The van der Waals surface area contributed by atoms with Crippen LogP contribution in [0.3, 0.4) is 0 Å². The van der Waals surface area contributed by atoms with Gasteiger partial charge in [0.1, 0.15) is 0 Å². The molecule has 1 saturated carbocycles. The van der Waals surface area contributed by atoms with Gasteiger partial charge in [-0.3, -0.25) is 0 Å². The van der Waals surface area contributed by atoms with Crippen LogP contribution in [0.2, 0.25) is 0 Å².